The number of hydrogen-bond donors (Lipinski definition) is 0. The SMILES string of the molecule is CCCCS(=O)(=O)C=C[C@H]1[C@H](S(=O)(=O)CCCC)[C@H]2C=C[C@@H]1C2. The highest BCUT2D eigenvalue weighted by Crippen LogP contribution is 2.48. The molecule has 0 radical (unpaired) electrons. The molecule has 0 N–H and O–H groups in total. The lowest BCUT2D eigenvalue weighted by Crippen LogP contribution is -2.34. The zero-order chi connectivity index (χ0) is 17.1. The van der Waals surface area contributed by atoms with Crippen LogP contribution in [-0.4, -0.2) is 33.6 Å². The second kappa shape index (κ2) is 7.51. The van der Waals surface area contributed by atoms with E-state index in [2.05, 4.69) is 6.08 Å². The topological polar surface area (TPSA) is 68.3 Å². The Balaban J connectivity index is 2.18. The number of rotatable bonds is 9. The predicted octanol–water partition coefficient (Wildman–Crippen LogP) is 3.12. The Morgan fingerprint density at radius 1 is 0.957 bits per heavy atom. The van der Waals surface area contributed by atoms with Crippen LogP contribution in [-0.2, 0) is 19.7 Å². The van der Waals surface area contributed by atoms with Crippen LogP contribution < -0.4 is 0 Å². The molecule has 132 valence electrons. The Morgan fingerprint density at radius 3 is 2.22 bits per heavy atom. The third-order valence-corrected chi connectivity index (χ3v) is 8.71. The third-order valence-electron chi connectivity index (χ3n) is 4.93. The van der Waals surface area contributed by atoms with Gasteiger partial charge in [-0.1, -0.05) is 44.9 Å². The largest absolute Gasteiger partial charge is 0.229 e. The molecular formula is C17H28O4S2. The fraction of sp³-hybridized carbons (Fsp3) is 0.765. The summed E-state index contributed by atoms with van der Waals surface area (Å²) >= 11 is 0. The van der Waals surface area contributed by atoms with Crippen LogP contribution in [0.1, 0.15) is 46.0 Å². The zero-order valence-corrected chi connectivity index (χ0v) is 15.7. The van der Waals surface area contributed by atoms with Crippen LogP contribution in [0.2, 0.25) is 0 Å². The van der Waals surface area contributed by atoms with Crippen molar-refractivity contribution < 1.29 is 16.8 Å². The highest BCUT2D eigenvalue weighted by Gasteiger charge is 2.49. The van der Waals surface area contributed by atoms with E-state index in [0.29, 0.717) is 12.8 Å². The van der Waals surface area contributed by atoms with Crippen molar-refractivity contribution in [1.29, 1.82) is 0 Å². The molecule has 6 heteroatoms. The van der Waals surface area contributed by atoms with Crippen LogP contribution in [0, 0.1) is 17.8 Å². The Bertz CT molecular complexity index is 659. The van der Waals surface area contributed by atoms with Gasteiger partial charge in [-0.3, -0.25) is 0 Å². The van der Waals surface area contributed by atoms with Gasteiger partial charge in [0.15, 0.2) is 19.7 Å². The van der Waals surface area contributed by atoms with Gasteiger partial charge in [0.05, 0.1) is 16.8 Å². The molecule has 2 aliphatic rings. The van der Waals surface area contributed by atoms with Crippen LogP contribution in [0.4, 0.5) is 0 Å². The monoisotopic (exact) mass is 360 g/mol. The molecule has 0 heterocycles. The fourth-order valence-corrected chi connectivity index (χ4v) is 7.40. The Hall–Kier alpha value is -0.620. The van der Waals surface area contributed by atoms with Crippen LogP contribution in [0.3, 0.4) is 0 Å². The average Bonchev–Trinajstić information content (AvgIpc) is 3.10. The Kier molecular flexibility index (Phi) is 6.11. The van der Waals surface area contributed by atoms with E-state index in [1.54, 1.807) is 6.08 Å². The van der Waals surface area contributed by atoms with Crippen molar-refractivity contribution in [3.05, 3.63) is 23.6 Å². The quantitative estimate of drug-likeness (QED) is 0.593. The van der Waals surface area contributed by atoms with E-state index in [1.165, 1.54) is 5.41 Å². The van der Waals surface area contributed by atoms with Crippen molar-refractivity contribution in [3.8, 4) is 0 Å². The second-order valence-corrected chi connectivity index (χ2v) is 11.0. The standard InChI is InChI=1S/C17H28O4S2/c1-3-5-10-22(18,19)12-9-16-14-7-8-15(13-14)17(16)23(20,21)11-6-4-2/h7-9,12,14-17H,3-6,10-11,13H2,1-2H3/t14-,15+,16-,17-/m1/s1. The highest BCUT2D eigenvalue weighted by molar-refractivity contribution is 7.94. The molecule has 1 fully saturated rings. The summed E-state index contributed by atoms with van der Waals surface area (Å²) in [5.74, 6) is 0.374. The summed E-state index contributed by atoms with van der Waals surface area (Å²) in [4.78, 5) is 0. The summed E-state index contributed by atoms with van der Waals surface area (Å²) in [5.41, 5.74) is 0. The van der Waals surface area contributed by atoms with E-state index >= 15 is 0 Å². The molecular weight excluding hydrogens is 332 g/mol. The van der Waals surface area contributed by atoms with Gasteiger partial charge in [0.1, 0.15) is 0 Å². The first-order valence-corrected chi connectivity index (χ1v) is 12.0. The molecule has 0 unspecified atom stereocenters. The van der Waals surface area contributed by atoms with E-state index in [0.717, 1.165) is 19.3 Å². The lowest BCUT2D eigenvalue weighted by Gasteiger charge is -2.25. The van der Waals surface area contributed by atoms with Crippen molar-refractivity contribution in [1.82, 2.24) is 0 Å². The molecule has 0 saturated heterocycles. The number of fused-ring (bicyclic) bond motifs is 2. The van der Waals surface area contributed by atoms with Gasteiger partial charge in [-0.15, -0.1) is 0 Å². The van der Waals surface area contributed by atoms with Crippen LogP contribution in [0.5, 0.6) is 0 Å². The molecule has 0 aromatic heterocycles. The van der Waals surface area contributed by atoms with Gasteiger partial charge >= 0.3 is 0 Å². The third kappa shape index (κ3) is 4.47. The molecule has 0 aliphatic heterocycles. The van der Waals surface area contributed by atoms with E-state index in [1.807, 2.05) is 19.9 Å². The fourth-order valence-electron chi connectivity index (χ4n) is 3.68. The lowest BCUT2D eigenvalue weighted by molar-refractivity contribution is 0.513. The Labute approximate surface area is 140 Å². The lowest BCUT2D eigenvalue weighted by atomic mass is 9.93. The summed E-state index contributed by atoms with van der Waals surface area (Å²) in [6.45, 7) is 3.93. The highest BCUT2D eigenvalue weighted by atomic mass is 32.2. The zero-order valence-electron chi connectivity index (χ0n) is 14.0. The molecule has 0 aromatic rings. The van der Waals surface area contributed by atoms with Gasteiger partial charge in [0, 0.05) is 11.3 Å². The van der Waals surface area contributed by atoms with Crippen molar-refractivity contribution in [2.24, 2.45) is 17.8 Å². The van der Waals surface area contributed by atoms with Gasteiger partial charge < -0.3 is 0 Å². The van der Waals surface area contributed by atoms with E-state index in [-0.39, 0.29) is 29.3 Å². The maximum absolute atomic E-state index is 12.7. The first-order chi connectivity index (χ1) is 10.8. The summed E-state index contributed by atoms with van der Waals surface area (Å²) in [7, 11) is -6.42. The molecule has 0 amide bonds. The van der Waals surface area contributed by atoms with Crippen molar-refractivity contribution >= 4 is 19.7 Å². The first kappa shape index (κ1) is 18.7. The van der Waals surface area contributed by atoms with Crippen LogP contribution in [0.15, 0.2) is 23.6 Å². The number of hydrogen-bond acceptors (Lipinski definition) is 4. The normalized spacial score (nSPS) is 30.5. The molecule has 1 saturated carbocycles. The number of allylic oxidation sites excluding steroid dienone is 3. The van der Waals surface area contributed by atoms with Gasteiger partial charge in [0.2, 0.25) is 0 Å². The van der Waals surface area contributed by atoms with Crippen molar-refractivity contribution in [3.63, 3.8) is 0 Å². The van der Waals surface area contributed by atoms with Crippen molar-refractivity contribution in [2.45, 2.75) is 51.2 Å². The molecule has 0 aromatic carbocycles. The number of sulfone groups is 2. The number of unbranched alkanes of at least 4 members (excludes halogenated alkanes) is 2. The summed E-state index contributed by atoms with van der Waals surface area (Å²) in [6, 6.07) is 0. The first-order valence-electron chi connectivity index (χ1n) is 8.61. The summed E-state index contributed by atoms with van der Waals surface area (Å²) < 4.78 is 49.4. The van der Waals surface area contributed by atoms with Gasteiger partial charge in [0.25, 0.3) is 0 Å². The summed E-state index contributed by atoms with van der Waals surface area (Å²) in [5, 5.41) is 0.825. The molecule has 2 bridgehead atoms. The minimum atomic E-state index is -3.23. The van der Waals surface area contributed by atoms with Gasteiger partial charge in [-0.2, -0.15) is 0 Å². The second-order valence-electron chi connectivity index (χ2n) is 6.76. The van der Waals surface area contributed by atoms with E-state index < -0.39 is 24.9 Å². The molecule has 4 atom stereocenters. The molecule has 2 aliphatic carbocycles. The van der Waals surface area contributed by atoms with Crippen LogP contribution >= 0.6 is 0 Å². The molecule has 4 nitrogen and oxygen atoms in total. The van der Waals surface area contributed by atoms with E-state index in [9.17, 15) is 16.8 Å². The predicted molar refractivity (Wildman–Crippen MR) is 94.5 cm³/mol. The molecule has 23 heavy (non-hydrogen) atoms. The van der Waals surface area contributed by atoms with E-state index in [4.69, 9.17) is 0 Å². The van der Waals surface area contributed by atoms with Crippen molar-refractivity contribution in [2.75, 3.05) is 11.5 Å². The smallest absolute Gasteiger partial charge is 0.171 e. The van der Waals surface area contributed by atoms with Crippen LogP contribution in [0.25, 0.3) is 0 Å². The Morgan fingerprint density at radius 2 is 1.57 bits per heavy atom. The molecule has 0 spiro atoms. The maximum Gasteiger partial charge on any atom is 0.171 e. The minimum Gasteiger partial charge on any atom is -0.229 e. The van der Waals surface area contributed by atoms with Gasteiger partial charge in [-0.25, -0.2) is 16.8 Å². The summed E-state index contributed by atoms with van der Waals surface area (Å²) in [6.07, 6.45) is 9.55. The average molecular weight is 361 g/mol. The maximum atomic E-state index is 12.7. The molecule has 2 rings (SSSR count). The minimum absolute atomic E-state index is 0.0508. The van der Waals surface area contributed by atoms with Gasteiger partial charge in [-0.05, 0) is 31.1 Å².